The number of sulfonamides is 1. The van der Waals surface area contributed by atoms with Gasteiger partial charge in [-0.25, -0.2) is 26.7 Å². The SMILES string of the molecule is O=C(O)c1c(F)ccc(S(=O)(=O)NC2CC=CC2)c1F. The average molecular weight is 303 g/mol. The Kier molecular flexibility index (Phi) is 3.87. The van der Waals surface area contributed by atoms with Gasteiger partial charge in [0.15, 0.2) is 5.82 Å². The van der Waals surface area contributed by atoms with Crippen molar-refractivity contribution >= 4 is 16.0 Å². The predicted molar refractivity (Wildman–Crippen MR) is 65.8 cm³/mol. The number of halogens is 2. The van der Waals surface area contributed by atoms with Gasteiger partial charge in [-0.15, -0.1) is 0 Å². The summed E-state index contributed by atoms with van der Waals surface area (Å²) in [4.78, 5) is 9.89. The summed E-state index contributed by atoms with van der Waals surface area (Å²) in [5.74, 6) is -4.79. The van der Waals surface area contributed by atoms with E-state index in [1.807, 2.05) is 0 Å². The predicted octanol–water partition coefficient (Wildman–Crippen LogP) is 1.66. The number of hydrogen-bond donors (Lipinski definition) is 2. The van der Waals surface area contributed by atoms with Gasteiger partial charge in [0, 0.05) is 6.04 Å². The lowest BCUT2D eigenvalue weighted by molar-refractivity contribution is 0.0685. The molecule has 5 nitrogen and oxygen atoms in total. The second-order valence-electron chi connectivity index (χ2n) is 4.30. The van der Waals surface area contributed by atoms with Crippen LogP contribution in [0.5, 0.6) is 0 Å². The van der Waals surface area contributed by atoms with Gasteiger partial charge in [-0.2, -0.15) is 0 Å². The van der Waals surface area contributed by atoms with Crippen molar-refractivity contribution in [2.45, 2.75) is 23.8 Å². The number of carbonyl (C=O) groups is 1. The molecule has 8 heteroatoms. The average Bonchev–Trinajstić information content (AvgIpc) is 2.79. The maximum Gasteiger partial charge on any atom is 0.341 e. The van der Waals surface area contributed by atoms with Crippen molar-refractivity contribution in [2.75, 3.05) is 0 Å². The molecule has 0 saturated heterocycles. The van der Waals surface area contributed by atoms with Gasteiger partial charge in [0.2, 0.25) is 10.0 Å². The molecule has 1 aliphatic rings. The molecule has 0 spiro atoms. The number of carboxylic acids is 1. The number of hydrogen-bond acceptors (Lipinski definition) is 3. The summed E-state index contributed by atoms with van der Waals surface area (Å²) < 4.78 is 53.4. The van der Waals surface area contributed by atoms with E-state index in [1.165, 1.54) is 0 Å². The summed E-state index contributed by atoms with van der Waals surface area (Å²) in [6.07, 6.45) is 4.48. The van der Waals surface area contributed by atoms with Crippen molar-refractivity contribution in [1.29, 1.82) is 0 Å². The lowest BCUT2D eigenvalue weighted by Gasteiger charge is -2.14. The van der Waals surface area contributed by atoms with Crippen LogP contribution in [0.15, 0.2) is 29.2 Å². The Balaban J connectivity index is 2.41. The third-order valence-corrected chi connectivity index (χ3v) is 4.43. The van der Waals surface area contributed by atoms with Gasteiger partial charge in [-0.1, -0.05) is 12.2 Å². The fourth-order valence-corrected chi connectivity index (χ4v) is 3.28. The Labute approximate surface area is 114 Å². The molecule has 0 amide bonds. The van der Waals surface area contributed by atoms with Crippen LogP contribution in [0.3, 0.4) is 0 Å². The Morgan fingerprint density at radius 3 is 2.40 bits per heavy atom. The van der Waals surface area contributed by atoms with Crippen LogP contribution in [0, 0.1) is 11.6 Å². The zero-order valence-electron chi connectivity index (χ0n) is 10.1. The topological polar surface area (TPSA) is 83.5 Å². The Hall–Kier alpha value is -1.80. The summed E-state index contributed by atoms with van der Waals surface area (Å²) in [5.41, 5.74) is -1.28. The summed E-state index contributed by atoms with van der Waals surface area (Å²) in [5, 5.41) is 8.72. The third-order valence-electron chi connectivity index (χ3n) is 2.89. The summed E-state index contributed by atoms with van der Waals surface area (Å²) in [6.45, 7) is 0. The van der Waals surface area contributed by atoms with Crippen LogP contribution < -0.4 is 4.72 Å². The zero-order chi connectivity index (χ0) is 14.9. The Bertz CT molecular complexity index is 677. The monoisotopic (exact) mass is 303 g/mol. The highest BCUT2D eigenvalue weighted by Gasteiger charge is 2.28. The second-order valence-corrected chi connectivity index (χ2v) is 5.98. The second kappa shape index (κ2) is 5.29. The van der Waals surface area contributed by atoms with Crippen molar-refractivity contribution in [3.63, 3.8) is 0 Å². The Morgan fingerprint density at radius 2 is 1.85 bits per heavy atom. The van der Waals surface area contributed by atoms with Gasteiger partial charge in [-0.3, -0.25) is 0 Å². The van der Waals surface area contributed by atoms with E-state index < -0.39 is 44.1 Å². The van der Waals surface area contributed by atoms with E-state index in [0.29, 0.717) is 25.0 Å². The molecule has 0 fully saturated rings. The molecular formula is C12H11F2NO4S. The smallest absolute Gasteiger partial charge is 0.341 e. The van der Waals surface area contributed by atoms with Gasteiger partial charge in [0.25, 0.3) is 0 Å². The van der Waals surface area contributed by atoms with Gasteiger partial charge in [-0.05, 0) is 25.0 Å². The third kappa shape index (κ3) is 2.70. The van der Waals surface area contributed by atoms with Crippen LogP contribution in [-0.4, -0.2) is 25.5 Å². The van der Waals surface area contributed by atoms with Crippen molar-refractivity contribution < 1.29 is 27.1 Å². The number of aromatic carboxylic acids is 1. The minimum absolute atomic E-state index is 0.405. The minimum Gasteiger partial charge on any atom is -0.477 e. The van der Waals surface area contributed by atoms with E-state index in [1.54, 1.807) is 12.2 Å². The van der Waals surface area contributed by atoms with Crippen molar-refractivity contribution in [2.24, 2.45) is 0 Å². The standard InChI is InChI=1S/C12H11F2NO4S/c13-8-5-6-9(11(14)10(8)12(16)17)20(18,19)15-7-3-1-2-4-7/h1-2,5-7,15H,3-4H2,(H,16,17). The first-order valence-corrected chi connectivity index (χ1v) is 7.20. The number of rotatable bonds is 4. The molecule has 0 aromatic heterocycles. The summed E-state index contributed by atoms with van der Waals surface area (Å²) in [7, 11) is -4.24. The molecule has 0 radical (unpaired) electrons. The molecule has 0 bridgehead atoms. The van der Waals surface area contributed by atoms with E-state index in [2.05, 4.69) is 4.72 Å². The fraction of sp³-hybridized carbons (Fsp3) is 0.250. The van der Waals surface area contributed by atoms with Crippen LogP contribution in [0.4, 0.5) is 8.78 Å². The van der Waals surface area contributed by atoms with Crippen molar-refractivity contribution in [3.8, 4) is 0 Å². The molecule has 0 saturated carbocycles. The van der Waals surface area contributed by atoms with Gasteiger partial charge < -0.3 is 5.11 Å². The molecule has 108 valence electrons. The lowest BCUT2D eigenvalue weighted by Crippen LogP contribution is -2.33. The normalized spacial score (nSPS) is 15.7. The molecule has 20 heavy (non-hydrogen) atoms. The quantitative estimate of drug-likeness (QED) is 0.829. The highest BCUT2D eigenvalue weighted by molar-refractivity contribution is 7.89. The number of nitrogens with one attached hydrogen (secondary N) is 1. The molecule has 2 N–H and O–H groups in total. The molecular weight excluding hydrogens is 292 g/mol. The largest absolute Gasteiger partial charge is 0.477 e. The number of carboxylic acid groups (broad SMARTS) is 1. The molecule has 1 aliphatic carbocycles. The van der Waals surface area contributed by atoms with E-state index in [9.17, 15) is 22.0 Å². The van der Waals surface area contributed by atoms with E-state index in [4.69, 9.17) is 5.11 Å². The van der Waals surface area contributed by atoms with Crippen LogP contribution in [0.1, 0.15) is 23.2 Å². The van der Waals surface area contributed by atoms with Crippen LogP contribution in [-0.2, 0) is 10.0 Å². The van der Waals surface area contributed by atoms with Gasteiger partial charge >= 0.3 is 5.97 Å². The first kappa shape index (κ1) is 14.6. The molecule has 0 heterocycles. The minimum atomic E-state index is -4.24. The number of benzene rings is 1. The lowest BCUT2D eigenvalue weighted by atomic mass is 10.2. The maximum atomic E-state index is 13.9. The molecule has 0 unspecified atom stereocenters. The van der Waals surface area contributed by atoms with Crippen molar-refractivity contribution in [3.05, 3.63) is 41.5 Å². The van der Waals surface area contributed by atoms with E-state index in [0.717, 1.165) is 0 Å². The maximum absolute atomic E-state index is 13.9. The molecule has 1 aromatic rings. The van der Waals surface area contributed by atoms with E-state index in [-0.39, 0.29) is 0 Å². The van der Waals surface area contributed by atoms with E-state index >= 15 is 0 Å². The first-order chi connectivity index (χ1) is 9.33. The fourth-order valence-electron chi connectivity index (χ4n) is 1.93. The Morgan fingerprint density at radius 1 is 1.25 bits per heavy atom. The molecule has 1 aromatic carbocycles. The molecule has 0 atom stereocenters. The molecule has 2 rings (SSSR count). The first-order valence-electron chi connectivity index (χ1n) is 5.71. The van der Waals surface area contributed by atoms with Gasteiger partial charge in [0.1, 0.15) is 16.3 Å². The molecule has 0 aliphatic heterocycles. The zero-order valence-corrected chi connectivity index (χ0v) is 11.0. The summed E-state index contributed by atoms with van der Waals surface area (Å²) in [6, 6.07) is 0.924. The van der Waals surface area contributed by atoms with Crippen LogP contribution >= 0.6 is 0 Å². The highest BCUT2D eigenvalue weighted by atomic mass is 32.2. The highest BCUT2D eigenvalue weighted by Crippen LogP contribution is 2.22. The summed E-state index contributed by atoms with van der Waals surface area (Å²) >= 11 is 0. The van der Waals surface area contributed by atoms with Crippen molar-refractivity contribution in [1.82, 2.24) is 4.72 Å². The van der Waals surface area contributed by atoms with Crippen LogP contribution in [0.25, 0.3) is 0 Å². The van der Waals surface area contributed by atoms with Gasteiger partial charge in [0.05, 0.1) is 0 Å². The van der Waals surface area contributed by atoms with Crippen LogP contribution in [0.2, 0.25) is 0 Å².